The first-order chi connectivity index (χ1) is 20.8. The van der Waals surface area contributed by atoms with E-state index in [-0.39, 0.29) is 27.9 Å². The molecule has 44 heavy (non-hydrogen) atoms. The van der Waals surface area contributed by atoms with E-state index in [0.717, 1.165) is 19.3 Å². The third-order valence-electron chi connectivity index (χ3n) is 8.59. The third-order valence-corrected chi connectivity index (χ3v) is 13.7. The zero-order valence-electron chi connectivity index (χ0n) is 28.2. The van der Waals surface area contributed by atoms with Crippen molar-refractivity contribution in [3.05, 3.63) is 50.4 Å². The number of unbranched alkanes of at least 4 members (excludes halogenated alkanes) is 11. The molecule has 1 aromatic rings. The second-order valence-corrected chi connectivity index (χ2v) is 19.0. The molecular formula is C33H56N4O6Si. The number of non-ortho nitro benzene ring substituents is 1. The SMILES string of the molecule is CCCCCCCCCCCCCC[C@H](OC(=O)c1ccc([N+](=O)[O-])cc1)[C@H]1O[Si](C(C)(C)C)(C(C)(C)C)OC[C@@H]1N=[N+]=[N-]. The predicted octanol–water partition coefficient (Wildman–Crippen LogP) is 10.3. The summed E-state index contributed by atoms with van der Waals surface area (Å²) < 4.78 is 19.6. The molecule has 0 amide bonds. The first-order valence-electron chi connectivity index (χ1n) is 16.6. The van der Waals surface area contributed by atoms with Gasteiger partial charge >= 0.3 is 14.5 Å². The van der Waals surface area contributed by atoms with Gasteiger partial charge in [0.1, 0.15) is 6.10 Å². The average Bonchev–Trinajstić information content (AvgIpc) is 2.96. The fourth-order valence-electron chi connectivity index (χ4n) is 6.40. The van der Waals surface area contributed by atoms with Crippen molar-refractivity contribution in [3.63, 3.8) is 0 Å². The summed E-state index contributed by atoms with van der Waals surface area (Å²) in [6, 6.07) is 4.74. The summed E-state index contributed by atoms with van der Waals surface area (Å²) in [7, 11) is -2.97. The summed E-state index contributed by atoms with van der Waals surface area (Å²) in [4.78, 5) is 27.0. The fraction of sp³-hybridized carbons (Fsp3) is 0.788. The Labute approximate surface area is 265 Å². The molecule has 1 aliphatic rings. The number of nitro groups is 1. The molecule has 0 spiro atoms. The number of benzene rings is 1. The van der Waals surface area contributed by atoms with E-state index >= 15 is 0 Å². The molecule has 0 aromatic heterocycles. The minimum atomic E-state index is -2.97. The number of hydrogen-bond acceptors (Lipinski definition) is 7. The Bertz CT molecular complexity index is 1070. The Morgan fingerprint density at radius 2 is 1.48 bits per heavy atom. The van der Waals surface area contributed by atoms with Crippen LogP contribution in [0.5, 0.6) is 0 Å². The minimum absolute atomic E-state index is 0.100. The van der Waals surface area contributed by atoms with Gasteiger partial charge in [-0.15, -0.1) is 0 Å². The first kappa shape index (κ1) is 37.7. The molecule has 1 heterocycles. The van der Waals surface area contributed by atoms with Gasteiger partial charge in [0.15, 0.2) is 0 Å². The largest absolute Gasteiger partial charge is 0.456 e. The van der Waals surface area contributed by atoms with Crippen LogP contribution in [0, 0.1) is 10.1 Å². The van der Waals surface area contributed by atoms with E-state index in [0.29, 0.717) is 6.42 Å². The first-order valence-corrected chi connectivity index (χ1v) is 18.4. The maximum atomic E-state index is 13.3. The van der Waals surface area contributed by atoms with E-state index in [4.69, 9.17) is 13.6 Å². The molecule has 11 heteroatoms. The number of esters is 1. The number of nitro benzene ring substituents is 1. The molecule has 0 radical (unpaired) electrons. The van der Waals surface area contributed by atoms with Crippen molar-refractivity contribution in [3.8, 4) is 0 Å². The molecule has 1 aromatic carbocycles. The number of carbonyl (C=O) groups is 1. The van der Waals surface area contributed by atoms with Crippen molar-refractivity contribution in [1.82, 2.24) is 0 Å². The van der Waals surface area contributed by atoms with Crippen molar-refractivity contribution in [2.24, 2.45) is 5.11 Å². The van der Waals surface area contributed by atoms with Gasteiger partial charge in [0.2, 0.25) is 0 Å². The second-order valence-electron chi connectivity index (χ2n) is 14.2. The smallest absolute Gasteiger partial charge is 0.349 e. The van der Waals surface area contributed by atoms with Crippen LogP contribution in [-0.4, -0.2) is 44.3 Å². The molecule has 0 bridgehead atoms. The van der Waals surface area contributed by atoms with Crippen molar-refractivity contribution in [2.75, 3.05) is 6.61 Å². The summed E-state index contributed by atoms with van der Waals surface area (Å²) >= 11 is 0. The van der Waals surface area contributed by atoms with Crippen LogP contribution in [0.2, 0.25) is 10.1 Å². The minimum Gasteiger partial charge on any atom is -0.456 e. The Kier molecular flexibility index (Phi) is 15.3. The highest BCUT2D eigenvalue weighted by Gasteiger charge is 2.62. The van der Waals surface area contributed by atoms with Crippen molar-refractivity contribution in [2.45, 2.75) is 160 Å². The number of rotatable bonds is 18. The molecular weight excluding hydrogens is 576 g/mol. The molecule has 1 aliphatic heterocycles. The molecule has 0 N–H and O–H groups in total. The fourth-order valence-corrected chi connectivity index (χ4v) is 11.4. The molecule has 248 valence electrons. The maximum absolute atomic E-state index is 13.3. The molecule has 0 unspecified atom stereocenters. The van der Waals surface area contributed by atoms with E-state index in [9.17, 15) is 20.4 Å². The zero-order valence-corrected chi connectivity index (χ0v) is 29.2. The Morgan fingerprint density at radius 3 is 1.93 bits per heavy atom. The van der Waals surface area contributed by atoms with Crippen LogP contribution in [0.15, 0.2) is 29.4 Å². The van der Waals surface area contributed by atoms with Gasteiger partial charge < -0.3 is 13.6 Å². The van der Waals surface area contributed by atoms with Crippen molar-refractivity contribution < 1.29 is 23.3 Å². The van der Waals surface area contributed by atoms with Gasteiger partial charge in [-0.25, -0.2) is 4.79 Å². The highest BCUT2D eigenvalue weighted by molar-refractivity contribution is 6.73. The van der Waals surface area contributed by atoms with E-state index in [1.807, 2.05) is 0 Å². The average molecular weight is 633 g/mol. The van der Waals surface area contributed by atoms with E-state index in [1.54, 1.807) is 0 Å². The van der Waals surface area contributed by atoms with Crippen LogP contribution >= 0.6 is 0 Å². The second kappa shape index (κ2) is 17.9. The van der Waals surface area contributed by atoms with Gasteiger partial charge in [-0.2, -0.15) is 0 Å². The number of nitrogens with zero attached hydrogens (tertiary/aromatic N) is 4. The molecule has 1 fully saturated rings. The van der Waals surface area contributed by atoms with Crippen LogP contribution in [0.25, 0.3) is 10.4 Å². The van der Waals surface area contributed by atoms with Gasteiger partial charge in [0.25, 0.3) is 5.69 Å². The number of ether oxygens (including phenoxy) is 1. The number of azide groups is 1. The quantitative estimate of drug-likeness (QED) is 0.0231. The monoisotopic (exact) mass is 632 g/mol. The lowest BCUT2D eigenvalue weighted by Crippen LogP contribution is -2.66. The highest BCUT2D eigenvalue weighted by atomic mass is 28.4. The molecule has 2 rings (SSSR count). The Balaban J connectivity index is 2.17. The van der Waals surface area contributed by atoms with Gasteiger partial charge in [0.05, 0.1) is 22.6 Å². The zero-order chi connectivity index (χ0) is 32.8. The van der Waals surface area contributed by atoms with E-state index in [1.165, 1.54) is 82.1 Å². The van der Waals surface area contributed by atoms with Crippen LogP contribution in [-0.2, 0) is 13.6 Å². The lowest BCUT2D eigenvalue weighted by molar-refractivity contribution is -0.384. The molecule has 1 saturated heterocycles. The maximum Gasteiger partial charge on any atom is 0.349 e. The lowest BCUT2D eigenvalue weighted by atomic mass is 9.99. The van der Waals surface area contributed by atoms with Crippen LogP contribution in [0.4, 0.5) is 5.69 Å². The van der Waals surface area contributed by atoms with Gasteiger partial charge in [0, 0.05) is 33.7 Å². The van der Waals surface area contributed by atoms with Gasteiger partial charge in [-0.1, -0.05) is 124 Å². The molecule has 0 aliphatic carbocycles. The van der Waals surface area contributed by atoms with Crippen molar-refractivity contribution in [1.29, 1.82) is 0 Å². The number of hydrogen-bond donors (Lipinski definition) is 0. The Hall–Kier alpha value is -2.46. The topological polar surface area (TPSA) is 137 Å². The summed E-state index contributed by atoms with van der Waals surface area (Å²) in [5.41, 5.74) is 9.50. The van der Waals surface area contributed by atoms with Gasteiger partial charge in [-0.05, 0) is 30.5 Å². The van der Waals surface area contributed by atoms with E-state index < -0.39 is 37.7 Å². The van der Waals surface area contributed by atoms with E-state index in [2.05, 4.69) is 58.5 Å². The molecule has 3 atom stereocenters. The standard InChI is InChI=1S/C33H56N4O6Si/c1-8-9-10-11-12-13-14-15-16-17-18-19-20-29(42-31(38)26-21-23-27(24-22-26)37(39)40)30-28(35-36-34)25-41-44(43-30,32(2,3)4)33(5,6)7/h21-24,28-30H,8-20,25H2,1-7H3/t28-,29-,30-/m0/s1. The molecule has 10 nitrogen and oxygen atoms in total. The Morgan fingerprint density at radius 1 is 0.977 bits per heavy atom. The van der Waals surface area contributed by atoms with Gasteiger partial charge in [-0.3, -0.25) is 10.1 Å². The highest BCUT2D eigenvalue weighted by Crippen LogP contribution is 2.54. The van der Waals surface area contributed by atoms with Crippen LogP contribution in [0.3, 0.4) is 0 Å². The molecule has 0 saturated carbocycles. The summed E-state index contributed by atoms with van der Waals surface area (Å²) in [6.45, 7) is 15.1. The normalized spacial score (nSPS) is 19.2. The summed E-state index contributed by atoms with van der Waals surface area (Å²) in [6.07, 6.45) is 13.8. The third kappa shape index (κ3) is 10.9. The predicted molar refractivity (Wildman–Crippen MR) is 177 cm³/mol. The summed E-state index contributed by atoms with van der Waals surface area (Å²) in [5.74, 6) is -0.586. The van der Waals surface area contributed by atoms with Crippen LogP contribution < -0.4 is 0 Å². The van der Waals surface area contributed by atoms with Crippen LogP contribution in [0.1, 0.15) is 142 Å². The lowest BCUT2D eigenvalue weighted by Gasteiger charge is -2.55. The number of carbonyl (C=O) groups excluding carboxylic acids is 1. The summed E-state index contributed by atoms with van der Waals surface area (Å²) in [5, 5.41) is 14.5. The van der Waals surface area contributed by atoms with Crippen molar-refractivity contribution >= 4 is 20.2 Å².